The summed E-state index contributed by atoms with van der Waals surface area (Å²) in [5, 5.41) is 0. The van der Waals surface area contributed by atoms with Crippen LogP contribution in [0.1, 0.15) is 52.4 Å². The van der Waals surface area contributed by atoms with Crippen molar-refractivity contribution in [3.05, 3.63) is 0 Å². The third-order valence-corrected chi connectivity index (χ3v) is 7.05. The highest BCUT2D eigenvalue weighted by atomic mass is 16.7. The number of carbonyl (C=O) groups excluding carboxylic acids is 1. The Morgan fingerprint density at radius 2 is 2.14 bits per heavy atom. The molecule has 0 N–H and O–H groups in total. The molecule has 0 aromatic carbocycles. The molecule has 5 atom stereocenters. The lowest BCUT2D eigenvalue weighted by Crippen LogP contribution is -2.71. The first-order valence-electron chi connectivity index (χ1n) is 8.78. The van der Waals surface area contributed by atoms with Crippen LogP contribution in [-0.4, -0.2) is 38.0 Å². The lowest BCUT2D eigenvalue weighted by molar-refractivity contribution is -0.361. The van der Waals surface area contributed by atoms with Crippen molar-refractivity contribution in [3.8, 4) is 0 Å². The highest BCUT2D eigenvalue weighted by Gasteiger charge is 2.70. The van der Waals surface area contributed by atoms with E-state index in [4.69, 9.17) is 14.2 Å². The Bertz CT molecular complexity index is 483. The van der Waals surface area contributed by atoms with Crippen molar-refractivity contribution in [1.82, 2.24) is 0 Å². The maximum Gasteiger partial charge on any atom is 0.163 e. The molecule has 1 heterocycles. The largest absolute Gasteiger partial charge is 0.384 e. The van der Waals surface area contributed by atoms with Crippen molar-refractivity contribution in [3.63, 3.8) is 0 Å². The molecule has 0 aromatic rings. The van der Waals surface area contributed by atoms with Crippen LogP contribution in [-0.2, 0) is 19.0 Å². The van der Waals surface area contributed by atoms with E-state index in [2.05, 4.69) is 0 Å². The molecule has 5 aliphatic rings. The molecule has 4 aliphatic carbocycles. The third-order valence-electron chi connectivity index (χ3n) is 7.05. The minimum Gasteiger partial charge on any atom is -0.384 e. The molecule has 4 nitrogen and oxygen atoms in total. The maximum atomic E-state index is 13.0. The van der Waals surface area contributed by atoms with Gasteiger partial charge in [-0.3, -0.25) is 4.79 Å². The number of fused-ring (bicyclic) bond motifs is 1. The molecule has 1 spiro atoms. The highest BCUT2D eigenvalue weighted by molar-refractivity contribution is 5.87. The second-order valence-electron chi connectivity index (χ2n) is 8.36. The van der Waals surface area contributed by atoms with E-state index in [0.717, 1.165) is 38.7 Å². The molecule has 5 fully saturated rings. The quantitative estimate of drug-likeness (QED) is 0.787. The first-order valence-corrected chi connectivity index (χ1v) is 8.78. The first-order chi connectivity index (χ1) is 10.4. The van der Waals surface area contributed by atoms with Gasteiger partial charge in [-0.25, -0.2) is 0 Å². The topological polar surface area (TPSA) is 44.8 Å². The zero-order valence-corrected chi connectivity index (χ0v) is 14.0. The second kappa shape index (κ2) is 4.78. The summed E-state index contributed by atoms with van der Waals surface area (Å²) < 4.78 is 18.0. The van der Waals surface area contributed by atoms with Crippen molar-refractivity contribution >= 4 is 5.78 Å². The molecule has 4 saturated carbocycles. The number of rotatable bonds is 2. The highest BCUT2D eigenvalue weighted by Crippen LogP contribution is 2.68. The van der Waals surface area contributed by atoms with E-state index >= 15 is 0 Å². The van der Waals surface area contributed by atoms with Gasteiger partial charge in [-0.2, -0.15) is 0 Å². The number of ketones is 1. The van der Waals surface area contributed by atoms with Gasteiger partial charge in [0.2, 0.25) is 0 Å². The monoisotopic (exact) mass is 308 g/mol. The van der Waals surface area contributed by atoms with Crippen LogP contribution in [0.25, 0.3) is 0 Å². The summed E-state index contributed by atoms with van der Waals surface area (Å²) >= 11 is 0. The predicted molar refractivity (Wildman–Crippen MR) is 81.3 cm³/mol. The Morgan fingerprint density at radius 1 is 1.32 bits per heavy atom. The Labute approximate surface area is 132 Å². The van der Waals surface area contributed by atoms with Crippen LogP contribution in [0.4, 0.5) is 0 Å². The lowest BCUT2D eigenvalue weighted by atomic mass is 9.39. The number of carbonyl (C=O) groups is 1. The van der Waals surface area contributed by atoms with Gasteiger partial charge in [-0.15, -0.1) is 0 Å². The Morgan fingerprint density at radius 3 is 2.91 bits per heavy atom. The standard InChI is InChI=1S/C18H28O4/c1-16(2)21-10-13-12-6-8-17(15(13)22-16)7-4-5-14(19)18(17,9-12)11-20-3/h12-13,15H,4-11H2,1-3H3/t12-,13+,15+,17-,18+/m1/s1. The fourth-order valence-electron chi connectivity index (χ4n) is 6.16. The molecule has 1 saturated heterocycles. The summed E-state index contributed by atoms with van der Waals surface area (Å²) in [5.74, 6) is 0.890. The molecule has 0 unspecified atom stereocenters. The number of hydrogen-bond acceptors (Lipinski definition) is 4. The van der Waals surface area contributed by atoms with E-state index in [0.29, 0.717) is 24.2 Å². The van der Waals surface area contributed by atoms with Gasteiger partial charge in [0, 0.05) is 24.9 Å². The van der Waals surface area contributed by atoms with Crippen LogP contribution in [0, 0.1) is 22.7 Å². The Balaban J connectivity index is 1.80. The van der Waals surface area contributed by atoms with E-state index in [1.807, 2.05) is 13.8 Å². The van der Waals surface area contributed by atoms with Crippen LogP contribution < -0.4 is 0 Å². The zero-order valence-electron chi connectivity index (χ0n) is 14.0. The van der Waals surface area contributed by atoms with Crippen molar-refractivity contribution in [2.24, 2.45) is 22.7 Å². The van der Waals surface area contributed by atoms with Gasteiger partial charge in [0.05, 0.1) is 24.7 Å². The predicted octanol–water partition coefficient (Wildman–Crippen LogP) is 2.94. The van der Waals surface area contributed by atoms with E-state index in [1.54, 1.807) is 7.11 Å². The molecule has 0 aromatic heterocycles. The van der Waals surface area contributed by atoms with Crippen LogP contribution in [0.15, 0.2) is 0 Å². The molecule has 1 aliphatic heterocycles. The zero-order chi connectivity index (χ0) is 15.6. The summed E-state index contributed by atoms with van der Waals surface area (Å²) in [6, 6.07) is 0. The average Bonchev–Trinajstić information content (AvgIpc) is 2.47. The average molecular weight is 308 g/mol. The third kappa shape index (κ3) is 1.78. The molecular formula is C18H28O4. The normalized spacial score (nSPS) is 49.6. The van der Waals surface area contributed by atoms with Crippen molar-refractivity contribution in [2.75, 3.05) is 20.3 Å². The second-order valence-corrected chi connectivity index (χ2v) is 8.36. The molecule has 4 heteroatoms. The maximum absolute atomic E-state index is 13.0. The fraction of sp³-hybridized carbons (Fsp3) is 0.944. The molecule has 0 amide bonds. The van der Waals surface area contributed by atoms with Crippen LogP contribution in [0.3, 0.4) is 0 Å². The number of methoxy groups -OCH3 is 1. The summed E-state index contributed by atoms with van der Waals surface area (Å²) in [6.45, 7) is 5.35. The van der Waals surface area contributed by atoms with Gasteiger partial charge in [0.25, 0.3) is 0 Å². The Kier molecular flexibility index (Phi) is 3.28. The summed E-state index contributed by atoms with van der Waals surface area (Å²) in [7, 11) is 1.73. The molecule has 2 bridgehead atoms. The molecular weight excluding hydrogens is 280 g/mol. The van der Waals surface area contributed by atoms with Gasteiger partial charge < -0.3 is 14.2 Å². The van der Waals surface area contributed by atoms with Crippen molar-refractivity contribution in [2.45, 2.75) is 64.3 Å². The van der Waals surface area contributed by atoms with E-state index < -0.39 is 5.79 Å². The summed E-state index contributed by atoms with van der Waals surface area (Å²) in [6.07, 6.45) is 6.29. The molecule has 5 rings (SSSR count). The number of Topliss-reactive ketones (excluding diaryl/α,β-unsaturated/α-hetero) is 1. The van der Waals surface area contributed by atoms with Crippen molar-refractivity contribution < 1.29 is 19.0 Å². The van der Waals surface area contributed by atoms with Crippen LogP contribution in [0.2, 0.25) is 0 Å². The van der Waals surface area contributed by atoms with Gasteiger partial charge >= 0.3 is 0 Å². The minimum absolute atomic E-state index is 0.0290. The van der Waals surface area contributed by atoms with Gasteiger partial charge in [-0.05, 0) is 51.9 Å². The summed E-state index contributed by atoms with van der Waals surface area (Å²) in [5.41, 5.74) is -0.337. The molecule has 124 valence electrons. The lowest BCUT2D eigenvalue weighted by Gasteiger charge is -2.68. The summed E-state index contributed by atoms with van der Waals surface area (Å²) in [4.78, 5) is 13.0. The van der Waals surface area contributed by atoms with Gasteiger partial charge in [0.1, 0.15) is 5.78 Å². The van der Waals surface area contributed by atoms with E-state index in [-0.39, 0.29) is 16.9 Å². The molecule has 0 radical (unpaired) electrons. The SMILES string of the molecule is COC[C@]12C[C@H]3CC[C@]1(CCCC2=O)[C@H]1OC(C)(C)OC[C@@H]31. The van der Waals surface area contributed by atoms with Crippen LogP contribution in [0.5, 0.6) is 0 Å². The Hall–Kier alpha value is -0.450. The van der Waals surface area contributed by atoms with E-state index in [1.165, 1.54) is 6.42 Å². The number of ether oxygens (including phenoxy) is 3. The van der Waals surface area contributed by atoms with Crippen molar-refractivity contribution in [1.29, 1.82) is 0 Å². The fourth-order valence-corrected chi connectivity index (χ4v) is 6.16. The first kappa shape index (κ1) is 15.1. The van der Waals surface area contributed by atoms with Crippen LogP contribution >= 0.6 is 0 Å². The smallest absolute Gasteiger partial charge is 0.163 e. The molecule has 22 heavy (non-hydrogen) atoms. The van der Waals surface area contributed by atoms with Gasteiger partial charge in [0.15, 0.2) is 5.79 Å². The number of hydrogen-bond donors (Lipinski definition) is 0. The minimum atomic E-state index is -0.535. The van der Waals surface area contributed by atoms with E-state index in [9.17, 15) is 4.79 Å². The van der Waals surface area contributed by atoms with Gasteiger partial charge in [-0.1, -0.05) is 0 Å².